The number of aromatic nitrogens is 1. The Morgan fingerprint density at radius 2 is 1.68 bits per heavy atom. The van der Waals surface area contributed by atoms with Gasteiger partial charge >= 0.3 is 0 Å². The first-order valence-corrected chi connectivity index (χ1v) is 5.83. The summed E-state index contributed by atoms with van der Waals surface area (Å²) in [5.41, 5.74) is 0.743. The molecule has 0 spiro atoms. The minimum Gasteiger partial charge on any atom is -0.363 e. The lowest BCUT2D eigenvalue weighted by Crippen LogP contribution is -2.09. The molecule has 1 heterocycles. The van der Waals surface area contributed by atoms with E-state index in [9.17, 15) is 8.78 Å². The highest BCUT2D eigenvalue weighted by atomic mass is 19.1. The molecule has 98 valence electrons. The van der Waals surface area contributed by atoms with Gasteiger partial charge in [-0.25, -0.2) is 13.8 Å². The highest BCUT2D eigenvalue weighted by molar-refractivity contribution is 5.70. The lowest BCUT2D eigenvalue weighted by molar-refractivity contribution is 0.579. The standard InChI is InChI=1S/C15H14F2N2/c1-19(2)15-9-7-11(10-18-15)6-8-12-13(16)4-3-5-14(12)17/h3-10H,1-2H3/b8-6+. The summed E-state index contributed by atoms with van der Waals surface area (Å²) in [6, 6.07) is 7.50. The molecule has 2 nitrogen and oxygen atoms in total. The fourth-order valence-electron chi connectivity index (χ4n) is 1.61. The quantitative estimate of drug-likeness (QED) is 0.838. The zero-order chi connectivity index (χ0) is 13.8. The molecule has 0 saturated heterocycles. The Balaban J connectivity index is 2.23. The zero-order valence-corrected chi connectivity index (χ0v) is 10.8. The van der Waals surface area contributed by atoms with Gasteiger partial charge < -0.3 is 4.90 Å². The summed E-state index contributed by atoms with van der Waals surface area (Å²) in [6.07, 6.45) is 4.70. The Hall–Kier alpha value is -2.23. The van der Waals surface area contributed by atoms with Crippen molar-refractivity contribution in [1.29, 1.82) is 0 Å². The third-order valence-electron chi connectivity index (χ3n) is 2.67. The summed E-state index contributed by atoms with van der Waals surface area (Å²) in [5.74, 6) is -0.322. The molecule has 0 amide bonds. The Morgan fingerprint density at radius 1 is 1.00 bits per heavy atom. The van der Waals surface area contributed by atoms with Crippen LogP contribution in [0.5, 0.6) is 0 Å². The van der Waals surface area contributed by atoms with Crippen molar-refractivity contribution in [2.75, 3.05) is 19.0 Å². The molecule has 1 aromatic carbocycles. The smallest absolute Gasteiger partial charge is 0.133 e. The van der Waals surface area contributed by atoms with E-state index in [1.807, 2.05) is 31.1 Å². The second-order valence-electron chi connectivity index (χ2n) is 4.31. The van der Waals surface area contributed by atoms with Gasteiger partial charge in [-0.05, 0) is 35.9 Å². The normalized spacial score (nSPS) is 10.9. The lowest BCUT2D eigenvalue weighted by Gasteiger charge is -2.10. The second kappa shape index (κ2) is 5.61. The molecule has 0 bridgehead atoms. The van der Waals surface area contributed by atoms with Crippen LogP contribution in [0.15, 0.2) is 36.5 Å². The maximum atomic E-state index is 13.4. The molecule has 0 unspecified atom stereocenters. The average Bonchev–Trinajstić information content (AvgIpc) is 2.38. The van der Waals surface area contributed by atoms with E-state index in [-0.39, 0.29) is 5.56 Å². The van der Waals surface area contributed by atoms with Crippen molar-refractivity contribution in [3.05, 3.63) is 59.3 Å². The maximum absolute atomic E-state index is 13.4. The van der Waals surface area contributed by atoms with E-state index in [1.54, 1.807) is 12.3 Å². The number of nitrogens with zero attached hydrogens (tertiary/aromatic N) is 2. The van der Waals surface area contributed by atoms with E-state index in [2.05, 4.69) is 4.98 Å². The molecule has 0 atom stereocenters. The van der Waals surface area contributed by atoms with Crippen LogP contribution in [-0.4, -0.2) is 19.1 Å². The SMILES string of the molecule is CN(C)c1ccc(/C=C/c2c(F)cccc2F)cn1. The molecule has 0 radical (unpaired) electrons. The molecule has 1 aromatic heterocycles. The number of pyridine rings is 1. The van der Waals surface area contributed by atoms with E-state index < -0.39 is 11.6 Å². The van der Waals surface area contributed by atoms with Gasteiger partial charge in [0.05, 0.1) is 0 Å². The van der Waals surface area contributed by atoms with Gasteiger partial charge in [0.2, 0.25) is 0 Å². The molecule has 0 N–H and O–H groups in total. The van der Waals surface area contributed by atoms with Gasteiger partial charge in [-0.3, -0.25) is 0 Å². The van der Waals surface area contributed by atoms with Crippen LogP contribution < -0.4 is 4.90 Å². The first-order chi connectivity index (χ1) is 9.08. The lowest BCUT2D eigenvalue weighted by atomic mass is 10.1. The van der Waals surface area contributed by atoms with E-state index in [1.165, 1.54) is 24.3 Å². The fraction of sp³-hybridized carbons (Fsp3) is 0.133. The minimum absolute atomic E-state index is 0.0424. The predicted octanol–water partition coefficient (Wildman–Crippen LogP) is 3.60. The molecule has 0 aliphatic carbocycles. The first-order valence-electron chi connectivity index (χ1n) is 5.83. The van der Waals surface area contributed by atoms with Crippen LogP contribution in [0.3, 0.4) is 0 Å². The number of rotatable bonds is 3. The van der Waals surface area contributed by atoms with E-state index >= 15 is 0 Å². The van der Waals surface area contributed by atoms with Crippen molar-refractivity contribution in [2.45, 2.75) is 0 Å². The van der Waals surface area contributed by atoms with Crippen molar-refractivity contribution in [3.63, 3.8) is 0 Å². The van der Waals surface area contributed by atoms with Gasteiger partial charge in [-0.1, -0.05) is 12.1 Å². The van der Waals surface area contributed by atoms with Gasteiger partial charge in [0.1, 0.15) is 17.5 Å². The van der Waals surface area contributed by atoms with Crippen molar-refractivity contribution in [2.24, 2.45) is 0 Å². The molecule has 0 fully saturated rings. The number of anilines is 1. The molecular weight excluding hydrogens is 246 g/mol. The van der Waals surface area contributed by atoms with Gasteiger partial charge in [-0.2, -0.15) is 0 Å². The Bertz CT molecular complexity index is 569. The van der Waals surface area contributed by atoms with Gasteiger partial charge in [0, 0.05) is 25.9 Å². The Morgan fingerprint density at radius 3 is 2.21 bits per heavy atom. The largest absolute Gasteiger partial charge is 0.363 e. The Labute approximate surface area is 111 Å². The molecular formula is C15H14F2N2. The summed E-state index contributed by atoms with van der Waals surface area (Å²) in [6.45, 7) is 0. The van der Waals surface area contributed by atoms with E-state index in [0.717, 1.165) is 11.4 Å². The summed E-state index contributed by atoms with van der Waals surface area (Å²) in [4.78, 5) is 6.10. The van der Waals surface area contributed by atoms with E-state index in [0.29, 0.717) is 0 Å². The van der Waals surface area contributed by atoms with Crippen molar-refractivity contribution in [1.82, 2.24) is 4.98 Å². The molecule has 0 saturated carbocycles. The predicted molar refractivity (Wildman–Crippen MR) is 73.9 cm³/mol. The van der Waals surface area contributed by atoms with E-state index in [4.69, 9.17) is 0 Å². The number of hydrogen-bond acceptors (Lipinski definition) is 2. The molecule has 0 aliphatic rings. The molecule has 0 aliphatic heterocycles. The molecule has 2 rings (SSSR count). The van der Waals surface area contributed by atoms with Crippen LogP contribution >= 0.6 is 0 Å². The number of benzene rings is 1. The Kier molecular flexibility index (Phi) is 3.90. The minimum atomic E-state index is -0.575. The first kappa shape index (κ1) is 13.2. The van der Waals surface area contributed by atoms with Crippen molar-refractivity contribution in [3.8, 4) is 0 Å². The molecule has 4 heteroatoms. The fourth-order valence-corrected chi connectivity index (χ4v) is 1.61. The monoisotopic (exact) mass is 260 g/mol. The van der Waals surface area contributed by atoms with Gasteiger partial charge in [0.25, 0.3) is 0 Å². The maximum Gasteiger partial charge on any atom is 0.133 e. The van der Waals surface area contributed by atoms with Crippen LogP contribution in [-0.2, 0) is 0 Å². The topological polar surface area (TPSA) is 16.1 Å². The third kappa shape index (κ3) is 3.16. The van der Waals surface area contributed by atoms with Crippen LogP contribution in [0, 0.1) is 11.6 Å². The number of hydrogen-bond donors (Lipinski definition) is 0. The highest BCUT2D eigenvalue weighted by Gasteiger charge is 2.04. The van der Waals surface area contributed by atoms with Crippen LogP contribution in [0.2, 0.25) is 0 Å². The zero-order valence-electron chi connectivity index (χ0n) is 10.8. The highest BCUT2D eigenvalue weighted by Crippen LogP contribution is 2.16. The van der Waals surface area contributed by atoms with Crippen molar-refractivity contribution < 1.29 is 8.78 Å². The van der Waals surface area contributed by atoms with Crippen LogP contribution in [0.4, 0.5) is 14.6 Å². The molecule has 19 heavy (non-hydrogen) atoms. The summed E-state index contributed by atoms with van der Waals surface area (Å²) in [5, 5.41) is 0. The summed E-state index contributed by atoms with van der Waals surface area (Å²) < 4.78 is 26.8. The van der Waals surface area contributed by atoms with Gasteiger partial charge in [-0.15, -0.1) is 0 Å². The summed E-state index contributed by atoms with van der Waals surface area (Å²) >= 11 is 0. The summed E-state index contributed by atoms with van der Waals surface area (Å²) in [7, 11) is 3.79. The van der Waals surface area contributed by atoms with Crippen LogP contribution in [0.25, 0.3) is 12.2 Å². The van der Waals surface area contributed by atoms with Gasteiger partial charge in [0.15, 0.2) is 0 Å². The third-order valence-corrected chi connectivity index (χ3v) is 2.67. The molecule has 2 aromatic rings. The van der Waals surface area contributed by atoms with Crippen molar-refractivity contribution >= 4 is 18.0 Å². The number of halogens is 2. The average molecular weight is 260 g/mol. The second-order valence-corrected chi connectivity index (χ2v) is 4.31. The van der Waals surface area contributed by atoms with Crippen LogP contribution in [0.1, 0.15) is 11.1 Å².